The minimum atomic E-state index is -0.123. The Kier molecular flexibility index (Phi) is 6.85. The number of aliphatic hydroxyl groups excluding tert-OH is 1. The van der Waals surface area contributed by atoms with Crippen LogP contribution in [0.15, 0.2) is 42.5 Å². The largest absolute Gasteiger partial charge is 0.496 e. The lowest BCUT2D eigenvalue weighted by Crippen LogP contribution is -2.48. The zero-order chi connectivity index (χ0) is 21.8. The quantitative estimate of drug-likeness (QED) is 0.757. The molecule has 0 atom stereocenters. The van der Waals surface area contributed by atoms with E-state index in [0.29, 0.717) is 0 Å². The van der Waals surface area contributed by atoms with Crippen LogP contribution in [0, 0.1) is 5.92 Å². The number of nitrogens with zero attached hydrogens (tertiary/aromatic N) is 2. The minimum Gasteiger partial charge on any atom is -0.496 e. The van der Waals surface area contributed by atoms with Gasteiger partial charge in [-0.3, -0.25) is 4.90 Å². The molecule has 0 saturated heterocycles. The molecule has 1 aliphatic carbocycles. The molecule has 168 valence electrons. The molecular weight excluding hydrogens is 388 g/mol. The third-order valence-corrected chi connectivity index (χ3v) is 6.77. The predicted octanol–water partition coefficient (Wildman–Crippen LogP) is 4.07. The SMILES string of the molecule is COc1ccc(CN2Cc3ccccc3OC3(CCC(CN(C)C)CC3)C2)cc1CO. The number of benzene rings is 2. The highest BCUT2D eigenvalue weighted by Gasteiger charge is 2.41. The van der Waals surface area contributed by atoms with Crippen LogP contribution in [0.3, 0.4) is 0 Å². The van der Waals surface area contributed by atoms with Crippen molar-refractivity contribution < 1.29 is 14.6 Å². The standard InChI is InChI=1S/C26H36N2O3/c1-27(2)15-20-10-12-26(13-11-20)19-28(17-22-6-4-5-7-25(22)31-26)16-21-8-9-24(30-3)23(14-21)18-29/h4-9,14,20,29H,10-13,15-19H2,1-3H3. The lowest BCUT2D eigenvalue weighted by Gasteiger charge is -2.42. The van der Waals surface area contributed by atoms with Crippen LogP contribution in [-0.4, -0.2) is 54.8 Å². The van der Waals surface area contributed by atoms with Crippen LogP contribution < -0.4 is 9.47 Å². The predicted molar refractivity (Wildman–Crippen MR) is 123 cm³/mol. The molecule has 5 nitrogen and oxygen atoms in total. The fraction of sp³-hybridized carbons (Fsp3) is 0.538. The number of para-hydroxylation sites is 1. The van der Waals surface area contributed by atoms with Gasteiger partial charge in [0, 0.05) is 37.3 Å². The van der Waals surface area contributed by atoms with Gasteiger partial charge in [0.25, 0.3) is 0 Å². The number of hydrogen-bond acceptors (Lipinski definition) is 5. The third kappa shape index (κ3) is 5.22. The number of rotatable bonds is 6. The van der Waals surface area contributed by atoms with E-state index in [1.54, 1.807) is 7.11 Å². The van der Waals surface area contributed by atoms with Gasteiger partial charge in [0.1, 0.15) is 17.1 Å². The van der Waals surface area contributed by atoms with Gasteiger partial charge in [-0.15, -0.1) is 0 Å². The van der Waals surface area contributed by atoms with Crippen LogP contribution in [-0.2, 0) is 19.7 Å². The molecule has 1 N–H and O–H groups in total. The van der Waals surface area contributed by atoms with E-state index in [-0.39, 0.29) is 12.2 Å². The topological polar surface area (TPSA) is 45.2 Å². The Morgan fingerprint density at radius 1 is 1.16 bits per heavy atom. The average Bonchev–Trinajstić information content (AvgIpc) is 2.91. The summed E-state index contributed by atoms with van der Waals surface area (Å²) in [6, 6.07) is 14.6. The summed E-state index contributed by atoms with van der Waals surface area (Å²) in [7, 11) is 5.98. The Bertz CT molecular complexity index is 875. The summed E-state index contributed by atoms with van der Waals surface area (Å²) in [6.07, 6.45) is 4.62. The highest BCUT2D eigenvalue weighted by atomic mass is 16.5. The maximum Gasteiger partial charge on any atom is 0.124 e. The summed E-state index contributed by atoms with van der Waals surface area (Å²) in [6.45, 7) is 3.78. The summed E-state index contributed by atoms with van der Waals surface area (Å²) < 4.78 is 12.2. The van der Waals surface area contributed by atoms with E-state index < -0.39 is 0 Å². The molecule has 1 aliphatic heterocycles. The number of ether oxygens (including phenoxy) is 2. The summed E-state index contributed by atoms with van der Waals surface area (Å²) in [5.74, 6) is 2.54. The van der Waals surface area contributed by atoms with Crippen molar-refractivity contribution in [3.8, 4) is 11.5 Å². The maximum absolute atomic E-state index is 9.72. The van der Waals surface area contributed by atoms with Gasteiger partial charge >= 0.3 is 0 Å². The molecular formula is C26H36N2O3. The van der Waals surface area contributed by atoms with Crippen molar-refractivity contribution in [3.63, 3.8) is 0 Å². The molecule has 2 aromatic carbocycles. The van der Waals surface area contributed by atoms with Crippen molar-refractivity contribution in [2.45, 2.75) is 51.0 Å². The van der Waals surface area contributed by atoms with E-state index in [9.17, 15) is 5.11 Å². The molecule has 1 saturated carbocycles. The number of hydrogen-bond donors (Lipinski definition) is 1. The second kappa shape index (κ2) is 9.60. The number of fused-ring (bicyclic) bond motifs is 1. The van der Waals surface area contributed by atoms with E-state index in [0.717, 1.165) is 62.0 Å². The molecule has 2 aromatic rings. The maximum atomic E-state index is 9.72. The van der Waals surface area contributed by atoms with Crippen molar-refractivity contribution in [1.29, 1.82) is 0 Å². The van der Waals surface area contributed by atoms with Gasteiger partial charge in [0.15, 0.2) is 0 Å². The smallest absolute Gasteiger partial charge is 0.124 e. The molecule has 2 aliphatic rings. The highest BCUT2D eigenvalue weighted by Crippen LogP contribution is 2.40. The molecule has 31 heavy (non-hydrogen) atoms. The summed E-state index contributed by atoms with van der Waals surface area (Å²) in [5, 5.41) is 9.72. The zero-order valence-corrected chi connectivity index (χ0v) is 19.1. The number of methoxy groups -OCH3 is 1. The molecule has 1 spiro atoms. The van der Waals surface area contributed by atoms with Crippen molar-refractivity contribution in [2.75, 3.05) is 34.3 Å². The first-order chi connectivity index (χ1) is 15.0. The van der Waals surface area contributed by atoms with E-state index >= 15 is 0 Å². The van der Waals surface area contributed by atoms with E-state index in [4.69, 9.17) is 9.47 Å². The first kappa shape index (κ1) is 22.1. The second-order valence-electron chi connectivity index (χ2n) is 9.55. The van der Waals surface area contributed by atoms with Crippen molar-refractivity contribution in [1.82, 2.24) is 9.80 Å². The molecule has 0 aromatic heterocycles. The second-order valence-corrected chi connectivity index (χ2v) is 9.55. The van der Waals surface area contributed by atoms with Gasteiger partial charge in [-0.1, -0.05) is 24.3 Å². The molecule has 0 unspecified atom stereocenters. The van der Waals surface area contributed by atoms with Gasteiger partial charge in [0.05, 0.1) is 13.7 Å². The molecule has 4 rings (SSSR count). The fourth-order valence-corrected chi connectivity index (χ4v) is 5.29. The van der Waals surface area contributed by atoms with E-state index in [1.807, 2.05) is 6.07 Å². The van der Waals surface area contributed by atoms with Crippen LogP contribution in [0.4, 0.5) is 0 Å². The Morgan fingerprint density at radius 3 is 2.65 bits per heavy atom. The molecule has 1 heterocycles. The zero-order valence-electron chi connectivity index (χ0n) is 19.1. The Balaban J connectivity index is 1.56. The lowest BCUT2D eigenvalue weighted by atomic mass is 9.78. The van der Waals surface area contributed by atoms with Crippen LogP contribution in [0.25, 0.3) is 0 Å². The first-order valence-electron chi connectivity index (χ1n) is 11.4. The van der Waals surface area contributed by atoms with E-state index in [1.165, 1.54) is 24.0 Å². The normalized spacial score (nSPS) is 24.0. The van der Waals surface area contributed by atoms with Crippen molar-refractivity contribution in [2.24, 2.45) is 5.92 Å². The van der Waals surface area contributed by atoms with Crippen molar-refractivity contribution >= 4 is 0 Å². The fourth-order valence-electron chi connectivity index (χ4n) is 5.29. The van der Waals surface area contributed by atoms with E-state index in [2.05, 4.69) is 60.3 Å². The minimum absolute atomic E-state index is 0.0137. The van der Waals surface area contributed by atoms with Gasteiger partial charge in [0.2, 0.25) is 0 Å². The Morgan fingerprint density at radius 2 is 1.94 bits per heavy atom. The summed E-state index contributed by atoms with van der Waals surface area (Å²) >= 11 is 0. The lowest BCUT2D eigenvalue weighted by molar-refractivity contribution is -0.0114. The third-order valence-electron chi connectivity index (χ3n) is 6.77. The highest BCUT2D eigenvalue weighted by molar-refractivity contribution is 5.38. The molecule has 0 bridgehead atoms. The van der Waals surface area contributed by atoms with Crippen LogP contribution in [0.1, 0.15) is 42.4 Å². The Labute approximate surface area is 186 Å². The van der Waals surface area contributed by atoms with Gasteiger partial charge in [-0.25, -0.2) is 0 Å². The van der Waals surface area contributed by atoms with Gasteiger partial charge in [-0.2, -0.15) is 0 Å². The first-order valence-corrected chi connectivity index (χ1v) is 11.4. The summed E-state index contributed by atoms with van der Waals surface area (Å²) in [4.78, 5) is 4.82. The summed E-state index contributed by atoms with van der Waals surface area (Å²) in [5.41, 5.74) is 3.17. The molecule has 0 radical (unpaired) electrons. The number of aliphatic hydroxyl groups is 1. The van der Waals surface area contributed by atoms with Crippen LogP contribution in [0.2, 0.25) is 0 Å². The van der Waals surface area contributed by atoms with Crippen molar-refractivity contribution in [3.05, 3.63) is 59.2 Å². The Hall–Kier alpha value is -2.08. The average molecular weight is 425 g/mol. The molecule has 5 heteroatoms. The van der Waals surface area contributed by atoms with Crippen LogP contribution >= 0.6 is 0 Å². The van der Waals surface area contributed by atoms with Crippen LogP contribution in [0.5, 0.6) is 11.5 Å². The van der Waals surface area contributed by atoms with Gasteiger partial charge < -0.3 is 19.5 Å². The van der Waals surface area contributed by atoms with Gasteiger partial charge in [-0.05, 0) is 69.5 Å². The molecule has 1 fully saturated rings. The monoisotopic (exact) mass is 424 g/mol. The molecule has 0 amide bonds.